The molecule has 138 valence electrons. The molecule has 0 spiro atoms. The zero-order valence-electron chi connectivity index (χ0n) is 15.9. The minimum absolute atomic E-state index is 0.159. The second kappa shape index (κ2) is 9.00. The van der Waals surface area contributed by atoms with Gasteiger partial charge in [-0.05, 0) is 61.4 Å². The van der Waals surface area contributed by atoms with Crippen molar-refractivity contribution in [1.82, 2.24) is 4.90 Å². The summed E-state index contributed by atoms with van der Waals surface area (Å²) in [6.07, 6.45) is 4.96. The number of hydrogen-bond donors (Lipinski definition) is 0. The summed E-state index contributed by atoms with van der Waals surface area (Å²) in [6.45, 7) is 4.75. The summed E-state index contributed by atoms with van der Waals surface area (Å²) in [4.78, 5) is 13.8. The van der Waals surface area contributed by atoms with E-state index in [4.69, 9.17) is 4.74 Å². The van der Waals surface area contributed by atoms with E-state index in [1.807, 2.05) is 0 Å². The van der Waals surface area contributed by atoms with Crippen molar-refractivity contribution in [2.75, 3.05) is 20.2 Å². The number of carbonyl (C=O) groups is 1. The number of hydrogen-bond acceptors (Lipinski definition) is 3. The second-order valence-electron chi connectivity index (χ2n) is 7.25. The molecular formula is C23H29NO2. The third-order valence-corrected chi connectivity index (χ3v) is 5.46. The standard InChI is InChI=1S/C23H29NO2/c1-18-4-3-16-24(18)17-15-20-7-12-22(13-8-20)21-10-5-19(6-11-21)9-14-23(25)26-2/h5-8,10-13,18H,3-4,9,14-17H2,1-2H3. The average molecular weight is 351 g/mol. The van der Waals surface area contributed by atoms with Crippen LogP contribution in [-0.4, -0.2) is 37.1 Å². The van der Waals surface area contributed by atoms with Crippen LogP contribution in [0.2, 0.25) is 0 Å². The van der Waals surface area contributed by atoms with Crippen LogP contribution >= 0.6 is 0 Å². The van der Waals surface area contributed by atoms with Gasteiger partial charge in [0.05, 0.1) is 7.11 Å². The maximum absolute atomic E-state index is 11.2. The van der Waals surface area contributed by atoms with E-state index in [-0.39, 0.29) is 5.97 Å². The number of nitrogens with zero attached hydrogens (tertiary/aromatic N) is 1. The molecule has 2 aromatic rings. The number of aryl methyl sites for hydroxylation is 1. The Balaban J connectivity index is 1.55. The number of carbonyl (C=O) groups excluding carboxylic acids is 1. The van der Waals surface area contributed by atoms with E-state index < -0.39 is 0 Å². The molecule has 0 aliphatic carbocycles. The van der Waals surface area contributed by atoms with Gasteiger partial charge in [0, 0.05) is 19.0 Å². The first-order valence-corrected chi connectivity index (χ1v) is 9.65. The van der Waals surface area contributed by atoms with Gasteiger partial charge in [-0.1, -0.05) is 48.5 Å². The van der Waals surface area contributed by atoms with Crippen LogP contribution in [0.5, 0.6) is 0 Å². The zero-order valence-corrected chi connectivity index (χ0v) is 15.9. The molecule has 3 heteroatoms. The fourth-order valence-corrected chi connectivity index (χ4v) is 3.67. The number of rotatable bonds is 7. The fraction of sp³-hybridized carbons (Fsp3) is 0.435. The first kappa shape index (κ1) is 18.7. The van der Waals surface area contributed by atoms with E-state index in [0.29, 0.717) is 6.42 Å². The van der Waals surface area contributed by atoms with E-state index in [0.717, 1.165) is 31.0 Å². The molecule has 0 bridgehead atoms. The molecule has 1 aliphatic heterocycles. The maximum Gasteiger partial charge on any atom is 0.305 e. The highest BCUT2D eigenvalue weighted by Crippen LogP contribution is 2.22. The Morgan fingerprint density at radius 2 is 1.58 bits per heavy atom. The van der Waals surface area contributed by atoms with Gasteiger partial charge in [0.25, 0.3) is 0 Å². The largest absolute Gasteiger partial charge is 0.469 e. The molecule has 1 atom stereocenters. The van der Waals surface area contributed by atoms with Gasteiger partial charge in [-0.3, -0.25) is 4.79 Å². The molecule has 1 unspecified atom stereocenters. The Morgan fingerprint density at radius 1 is 1.00 bits per heavy atom. The maximum atomic E-state index is 11.2. The number of ether oxygens (including phenoxy) is 1. The third-order valence-electron chi connectivity index (χ3n) is 5.46. The van der Waals surface area contributed by atoms with Gasteiger partial charge in [0.15, 0.2) is 0 Å². The molecule has 0 aromatic heterocycles. The van der Waals surface area contributed by atoms with E-state index in [9.17, 15) is 4.79 Å². The Hall–Kier alpha value is -2.13. The van der Waals surface area contributed by atoms with Crippen molar-refractivity contribution >= 4 is 5.97 Å². The Morgan fingerprint density at radius 3 is 2.08 bits per heavy atom. The number of likely N-dealkylation sites (tertiary alicyclic amines) is 1. The van der Waals surface area contributed by atoms with Crippen molar-refractivity contribution in [3.05, 3.63) is 59.7 Å². The summed E-state index contributed by atoms with van der Waals surface area (Å²) in [5, 5.41) is 0. The molecular weight excluding hydrogens is 322 g/mol. The van der Waals surface area contributed by atoms with Crippen LogP contribution in [0.4, 0.5) is 0 Å². The van der Waals surface area contributed by atoms with Gasteiger partial charge < -0.3 is 9.64 Å². The summed E-state index contributed by atoms with van der Waals surface area (Å²) < 4.78 is 4.69. The van der Waals surface area contributed by atoms with Crippen LogP contribution in [0.25, 0.3) is 11.1 Å². The van der Waals surface area contributed by atoms with Gasteiger partial charge in [-0.2, -0.15) is 0 Å². The van der Waals surface area contributed by atoms with Crippen LogP contribution in [-0.2, 0) is 22.4 Å². The van der Waals surface area contributed by atoms with E-state index >= 15 is 0 Å². The lowest BCUT2D eigenvalue weighted by atomic mass is 10.0. The molecule has 1 saturated heterocycles. The van der Waals surface area contributed by atoms with Gasteiger partial charge in [0.1, 0.15) is 0 Å². The summed E-state index contributed by atoms with van der Waals surface area (Å²) in [5.74, 6) is -0.159. The highest BCUT2D eigenvalue weighted by molar-refractivity contribution is 5.69. The molecule has 26 heavy (non-hydrogen) atoms. The van der Waals surface area contributed by atoms with Gasteiger partial charge in [0.2, 0.25) is 0 Å². The van der Waals surface area contributed by atoms with Crippen molar-refractivity contribution in [2.45, 2.75) is 45.1 Å². The molecule has 0 amide bonds. The highest BCUT2D eigenvalue weighted by atomic mass is 16.5. The quantitative estimate of drug-likeness (QED) is 0.689. The Labute approximate surface area is 157 Å². The summed E-state index contributed by atoms with van der Waals surface area (Å²) in [5.41, 5.74) is 5.02. The van der Waals surface area contributed by atoms with Crippen LogP contribution < -0.4 is 0 Å². The second-order valence-corrected chi connectivity index (χ2v) is 7.25. The Kier molecular flexibility index (Phi) is 6.45. The molecule has 3 nitrogen and oxygen atoms in total. The lowest BCUT2D eigenvalue weighted by molar-refractivity contribution is -0.140. The molecule has 2 aromatic carbocycles. The van der Waals surface area contributed by atoms with Crippen molar-refractivity contribution in [3.8, 4) is 11.1 Å². The number of benzene rings is 2. The van der Waals surface area contributed by atoms with E-state index in [1.54, 1.807) is 0 Å². The van der Waals surface area contributed by atoms with Gasteiger partial charge >= 0.3 is 5.97 Å². The molecule has 0 saturated carbocycles. The molecule has 0 N–H and O–H groups in total. The summed E-state index contributed by atoms with van der Waals surface area (Å²) in [6, 6.07) is 18.1. The molecule has 1 fully saturated rings. The van der Waals surface area contributed by atoms with Crippen molar-refractivity contribution in [3.63, 3.8) is 0 Å². The monoisotopic (exact) mass is 351 g/mol. The topological polar surface area (TPSA) is 29.5 Å². The lowest BCUT2D eigenvalue weighted by Crippen LogP contribution is -2.28. The predicted molar refractivity (Wildman–Crippen MR) is 106 cm³/mol. The highest BCUT2D eigenvalue weighted by Gasteiger charge is 2.19. The SMILES string of the molecule is COC(=O)CCc1ccc(-c2ccc(CCN3CCCC3C)cc2)cc1. The smallest absolute Gasteiger partial charge is 0.305 e. The number of esters is 1. The first-order chi connectivity index (χ1) is 12.7. The van der Waals surface area contributed by atoms with Crippen molar-refractivity contribution < 1.29 is 9.53 Å². The summed E-state index contributed by atoms with van der Waals surface area (Å²) >= 11 is 0. The summed E-state index contributed by atoms with van der Waals surface area (Å²) in [7, 11) is 1.43. The lowest BCUT2D eigenvalue weighted by Gasteiger charge is -2.20. The predicted octanol–water partition coefficient (Wildman–Crippen LogP) is 4.49. The minimum atomic E-state index is -0.159. The normalized spacial score (nSPS) is 17.4. The van der Waals surface area contributed by atoms with Gasteiger partial charge in [-0.25, -0.2) is 0 Å². The van der Waals surface area contributed by atoms with E-state index in [2.05, 4.69) is 60.4 Å². The molecule has 1 aliphatic rings. The number of methoxy groups -OCH3 is 1. The van der Waals surface area contributed by atoms with Crippen molar-refractivity contribution in [1.29, 1.82) is 0 Å². The third kappa shape index (κ3) is 4.95. The molecule has 0 radical (unpaired) electrons. The van der Waals surface area contributed by atoms with Crippen molar-refractivity contribution in [2.24, 2.45) is 0 Å². The average Bonchev–Trinajstić information content (AvgIpc) is 3.10. The molecule has 1 heterocycles. The Bertz CT molecular complexity index is 706. The van der Waals surface area contributed by atoms with Crippen LogP contribution in [0.15, 0.2) is 48.5 Å². The van der Waals surface area contributed by atoms with E-state index in [1.165, 1.54) is 43.2 Å². The first-order valence-electron chi connectivity index (χ1n) is 9.65. The fourth-order valence-electron chi connectivity index (χ4n) is 3.67. The van der Waals surface area contributed by atoms with Crippen LogP contribution in [0, 0.1) is 0 Å². The molecule has 3 rings (SSSR count). The zero-order chi connectivity index (χ0) is 18.4. The van der Waals surface area contributed by atoms with Gasteiger partial charge in [-0.15, -0.1) is 0 Å². The minimum Gasteiger partial charge on any atom is -0.469 e. The van der Waals surface area contributed by atoms with Crippen LogP contribution in [0.3, 0.4) is 0 Å². The van der Waals surface area contributed by atoms with Crippen LogP contribution in [0.1, 0.15) is 37.3 Å².